The van der Waals surface area contributed by atoms with E-state index in [1.54, 1.807) is 6.07 Å². The second kappa shape index (κ2) is 6.35. The number of rotatable bonds is 4. The number of aryl methyl sites for hydroxylation is 1. The van der Waals surface area contributed by atoms with Crippen molar-refractivity contribution in [2.75, 3.05) is 29.2 Å². The topological polar surface area (TPSA) is 52.7 Å². The molecule has 0 spiro atoms. The SMILES string of the molecule is Cc1ccccc1N1C(=O)C[C@@H](Nc2ccc(N(C)C)cc2)C1=O. The average molecular weight is 323 g/mol. The number of imide groups is 1. The van der Waals surface area contributed by atoms with Gasteiger partial charge in [0.2, 0.25) is 5.91 Å². The fourth-order valence-electron chi connectivity index (χ4n) is 2.87. The molecule has 1 fully saturated rings. The van der Waals surface area contributed by atoms with Gasteiger partial charge in [-0.15, -0.1) is 0 Å². The lowest BCUT2D eigenvalue weighted by atomic mass is 10.2. The van der Waals surface area contributed by atoms with Gasteiger partial charge >= 0.3 is 0 Å². The molecule has 1 atom stereocenters. The fraction of sp³-hybridized carbons (Fsp3) is 0.263. The number of carbonyl (C=O) groups is 2. The Labute approximate surface area is 141 Å². The average Bonchev–Trinajstić information content (AvgIpc) is 2.83. The quantitative estimate of drug-likeness (QED) is 0.879. The maximum Gasteiger partial charge on any atom is 0.256 e. The van der Waals surface area contributed by atoms with E-state index in [-0.39, 0.29) is 18.2 Å². The lowest BCUT2D eigenvalue weighted by Crippen LogP contribution is -2.35. The minimum Gasteiger partial charge on any atom is -0.378 e. The molecular weight excluding hydrogens is 302 g/mol. The summed E-state index contributed by atoms with van der Waals surface area (Å²) in [4.78, 5) is 28.3. The van der Waals surface area contributed by atoms with Crippen LogP contribution in [0.15, 0.2) is 48.5 Å². The van der Waals surface area contributed by atoms with Crippen molar-refractivity contribution >= 4 is 28.9 Å². The van der Waals surface area contributed by atoms with E-state index < -0.39 is 6.04 Å². The van der Waals surface area contributed by atoms with E-state index in [2.05, 4.69) is 5.32 Å². The van der Waals surface area contributed by atoms with Gasteiger partial charge in [-0.2, -0.15) is 0 Å². The Morgan fingerprint density at radius 2 is 1.71 bits per heavy atom. The highest BCUT2D eigenvalue weighted by Crippen LogP contribution is 2.27. The van der Waals surface area contributed by atoms with Gasteiger partial charge in [-0.25, -0.2) is 4.90 Å². The minimum absolute atomic E-state index is 0.169. The third-order valence-corrected chi connectivity index (χ3v) is 4.23. The molecule has 124 valence electrons. The minimum atomic E-state index is -0.526. The summed E-state index contributed by atoms with van der Waals surface area (Å²) in [7, 11) is 3.95. The van der Waals surface area contributed by atoms with E-state index in [4.69, 9.17) is 0 Å². The van der Waals surface area contributed by atoms with Crippen LogP contribution >= 0.6 is 0 Å². The molecule has 2 amide bonds. The smallest absolute Gasteiger partial charge is 0.256 e. The van der Waals surface area contributed by atoms with Crippen LogP contribution in [0.25, 0.3) is 0 Å². The summed E-state index contributed by atoms with van der Waals surface area (Å²) in [6, 6.07) is 14.7. The van der Waals surface area contributed by atoms with E-state index in [0.29, 0.717) is 5.69 Å². The van der Waals surface area contributed by atoms with E-state index >= 15 is 0 Å². The summed E-state index contributed by atoms with van der Waals surface area (Å²) >= 11 is 0. The number of benzene rings is 2. The molecule has 2 aromatic rings. The van der Waals surface area contributed by atoms with Crippen molar-refractivity contribution in [1.29, 1.82) is 0 Å². The molecule has 0 bridgehead atoms. The molecule has 0 saturated carbocycles. The summed E-state index contributed by atoms with van der Waals surface area (Å²) in [5.74, 6) is -0.373. The number of hydrogen-bond donors (Lipinski definition) is 1. The van der Waals surface area contributed by atoms with Crippen molar-refractivity contribution in [1.82, 2.24) is 0 Å². The maximum absolute atomic E-state index is 12.7. The van der Waals surface area contributed by atoms with Crippen LogP contribution in [0.5, 0.6) is 0 Å². The van der Waals surface area contributed by atoms with E-state index in [1.807, 2.05) is 68.4 Å². The van der Waals surface area contributed by atoms with Gasteiger partial charge in [-0.1, -0.05) is 18.2 Å². The van der Waals surface area contributed by atoms with Crippen molar-refractivity contribution in [3.8, 4) is 0 Å². The second-order valence-electron chi connectivity index (χ2n) is 6.20. The van der Waals surface area contributed by atoms with Crippen LogP contribution in [0.4, 0.5) is 17.1 Å². The highest BCUT2D eigenvalue weighted by atomic mass is 16.2. The Balaban J connectivity index is 1.78. The molecule has 1 N–H and O–H groups in total. The monoisotopic (exact) mass is 323 g/mol. The molecule has 5 heteroatoms. The van der Waals surface area contributed by atoms with Crippen molar-refractivity contribution in [2.24, 2.45) is 0 Å². The van der Waals surface area contributed by atoms with E-state index in [9.17, 15) is 9.59 Å². The standard InChI is InChI=1S/C19H21N3O2/c1-13-6-4-5-7-17(13)22-18(23)12-16(19(22)24)20-14-8-10-15(11-9-14)21(2)3/h4-11,16,20H,12H2,1-3H3/t16-/m1/s1. The number of nitrogens with one attached hydrogen (secondary N) is 1. The second-order valence-corrected chi connectivity index (χ2v) is 6.20. The Hall–Kier alpha value is -2.82. The largest absolute Gasteiger partial charge is 0.378 e. The van der Waals surface area contributed by atoms with Gasteiger partial charge in [0, 0.05) is 25.5 Å². The van der Waals surface area contributed by atoms with Gasteiger partial charge in [-0.3, -0.25) is 9.59 Å². The van der Waals surface area contributed by atoms with Crippen LogP contribution in [0.2, 0.25) is 0 Å². The number of hydrogen-bond acceptors (Lipinski definition) is 4. The van der Waals surface area contributed by atoms with Gasteiger partial charge in [0.05, 0.1) is 12.1 Å². The summed E-state index contributed by atoms with van der Waals surface area (Å²) in [6.07, 6.45) is 0.169. The maximum atomic E-state index is 12.7. The predicted molar refractivity (Wildman–Crippen MR) is 96.5 cm³/mol. The Morgan fingerprint density at radius 3 is 2.33 bits per heavy atom. The van der Waals surface area contributed by atoms with Gasteiger partial charge < -0.3 is 10.2 Å². The Morgan fingerprint density at radius 1 is 1.04 bits per heavy atom. The normalized spacial score (nSPS) is 17.3. The zero-order valence-electron chi connectivity index (χ0n) is 14.1. The van der Waals surface area contributed by atoms with Crippen molar-refractivity contribution < 1.29 is 9.59 Å². The van der Waals surface area contributed by atoms with Crippen LogP contribution < -0.4 is 15.1 Å². The van der Waals surface area contributed by atoms with Gasteiger partial charge in [-0.05, 0) is 42.8 Å². The number of nitrogens with zero attached hydrogens (tertiary/aromatic N) is 2. The van der Waals surface area contributed by atoms with Gasteiger partial charge in [0.1, 0.15) is 6.04 Å². The third kappa shape index (κ3) is 2.97. The molecule has 3 rings (SSSR count). The highest BCUT2D eigenvalue weighted by molar-refractivity contribution is 6.23. The lowest BCUT2D eigenvalue weighted by molar-refractivity contribution is -0.121. The van der Waals surface area contributed by atoms with Crippen molar-refractivity contribution in [3.63, 3.8) is 0 Å². The Bertz CT molecular complexity index is 768. The molecule has 0 aromatic heterocycles. The number of carbonyl (C=O) groups excluding carboxylic acids is 2. The van der Waals surface area contributed by atoms with Crippen LogP contribution in [-0.4, -0.2) is 32.0 Å². The number of anilines is 3. The lowest BCUT2D eigenvalue weighted by Gasteiger charge is -2.18. The Kier molecular flexibility index (Phi) is 4.25. The molecule has 24 heavy (non-hydrogen) atoms. The molecular formula is C19H21N3O2. The summed E-state index contributed by atoms with van der Waals surface area (Å²) in [5.41, 5.74) is 3.49. The molecule has 1 saturated heterocycles. The molecule has 1 aliphatic rings. The van der Waals surface area contributed by atoms with E-state index in [1.165, 1.54) is 4.90 Å². The number of amides is 2. The van der Waals surface area contributed by atoms with Crippen molar-refractivity contribution in [3.05, 3.63) is 54.1 Å². The van der Waals surface area contributed by atoms with Crippen LogP contribution in [0.3, 0.4) is 0 Å². The molecule has 0 unspecified atom stereocenters. The molecule has 5 nitrogen and oxygen atoms in total. The van der Waals surface area contributed by atoms with Crippen LogP contribution in [0.1, 0.15) is 12.0 Å². The first kappa shape index (κ1) is 16.1. The predicted octanol–water partition coefficient (Wildman–Crippen LogP) is 2.81. The highest BCUT2D eigenvalue weighted by Gasteiger charge is 2.40. The summed E-state index contributed by atoms with van der Waals surface area (Å²) < 4.78 is 0. The zero-order chi connectivity index (χ0) is 17.3. The molecule has 1 aliphatic heterocycles. The van der Waals surface area contributed by atoms with Gasteiger partial charge in [0.25, 0.3) is 5.91 Å². The first-order valence-electron chi connectivity index (χ1n) is 7.93. The van der Waals surface area contributed by atoms with Gasteiger partial charge in [0.15, 0.2) is 0 Å². The number of para-hydroxylation sites is 1. The zero-order valence-corrected chi connectivity index (χ0v) is 14.1. The third-order valence-electron chi connectivity index (χ3n) is 4.23. The molecule has 0 aliphatic carbocycles. The summed E-state index contributed by atoms with van der Waals surface area (Å²) in [6.45, 7) is 1.90. The summed E-state index contributed by atoms with van der Waals surface area (Å²) in [5, 5.41) is 3.18. The fourth-order valence-corrected chi connectivity index (χ4v) is 2.87. The first-order chi connectivity index (χ1) is 11.5. The van der Waals surface area contributed by atoms with E-state index in [0.717, 1.165) is 16.9 Å². The first-order valence-corrected chi connectivity index (χ1v) is 7.93. The van der Waals surface area contributed by atoms with Crippen LogP contribution in [-0.2, 0) is 9.59 Å². The molecule has 1 heterocycles. The van der Waals surface area contributed by atoms with Crippen molar-refractivity contribution in [2.45, 2.75) is 19.4 Å². The molecule has 2 aromatic carbocycles. The molecule has 0 radical (unpaired) electrons. The van der Waals surface area contributed by atoms with Crippen LogP contribution in [0, 0.1) is 6.92 Å².